The fourth-order valence-electron chi connectivity index (χ4n) is 4.84. The number of aliphatic hydroxyl groups is 1. The van der Waals surface area contributed by atoms with Gasteiger partial charge in [-0.25, -0.2) is 14.3 Å². The van der Waals surface area contributed by atoms with Gasteiger partial charge in [-0.05, 0) is 25.3 Å². The van der Waals surface area contributed by atoms with Crippen LogP contribution in [0.2, 0.25) is 0 Å². The Morgan fingerprint density at radius 2 is 1.86 bits per heavy atom. The Labute approximate surface area is 207 Å². The molecule has 0 atom stereocenters. The maximum atomic E-state index is 14.0. The van der Waals surface area contributed by atoms with Gasteiger partial charge >= 0.3 is 0 Å². The summed E-state index contributed by atoms with van der Waals surface area (Å²) in [6.45, 7) is 6.64. The van der Waals surface area contributed by atoms with Gasteiger partial charge in [0.2, 0.25) is 5.95 Å². The zero-order valence-corrected chi connectivity index (χ0v) is 20.5. The zero-order valence-electron chi connectivity index (χ0n) is 20.5. The number of benzene rings is 1. The van der Waals surface area contributed by atoms with Gasteiger partial charge in [-0.2, -0.15) is 0 Å². The molecule has 1 aliphatic rings. The Hall–Kier alpha value is -3.94. The number of piperazine rings is 1. The van der Waals surface area contributed by atoms with E-state index >= 15 is 0 Å². The van der Waals surface area contributed by atoms with Gasteiger partial charge in [0.25, 0.3) is 11.1 Å². The van der Waals surface area contributed by atoms with Crippen LogP contribution in [0.1, 0.15) is 18.3 Å². The highest BCUT2D eigenvalue weighted by Crippen LogP contribution is 2.21. The van der Waals surface area contributed by atoms with Crippen molar-refractivity contribution < 1.29 is 5.11 Å². The Morgan fingerprint density at radius 1 is 1.08 bits per heavy atom. The Morgan fingerprint density at radius 3 is 2.61 bits per heavy atom. The van der Waals surface area contributed by atoms with E-state index in [0.717, 1.165) is 29.6 Å². The third-order valence-corrected chi connectivity index (χ3v) is 6.49. The van der Waals surface area contributed by atoms with Crippen LogP contribution in [-0.2, 0) is 19.6 Å². The third kappa shape index (κ3) is 4.17. The number of rotatable bonds is 6. The van der Waals surface area contributed by atoms with Crippen LogP contribution in [0, 0.1) is 18.8 Å². The van der Waals surface area contributed by atoms with Crippen molar-refractivity contribution in [2.75, 3.05) is 37.7 Å². The Kier molecular flexibility index (Phi) is 6.59. The van der Waals surface area contributed by atoms with Crippen molar-refractivity contribution in [1.82, 2.24) is 29.2 Å². The molecule has 5 rings (SSSR count). The number of hydrogen-bond acceptors (Lipinski definition) is 7. The van der Waals surface area contributed by atoms with Gasteiger partial charge in [0.05, 0.1) is 31.9 Å². The van der Waals surface area contributed by atoms with Crippen LogP contribution in [0.4, 0.5) is 5.95 Å². The summed E-state index contributed by atoms with van der Waals surface area (Å²) in [4.78, 5) is 39.1. The Balaban J connectivity index is 1.77. The standard InChI is InChI=1S/C26H29N7O3/c1-3-4-11-31-23-22(29-26(31)30-12-9-27-10-13-30)24(35)32(14-15-34)33(25(23)36)17-21-20-8-6-5-7-19(20)16-18(2)28-21/h5-8,16,27,34H,9-15,17H2,1-2H3. The predicted molar refractivity (Wildman–Crippen MR) is 139 cm³/mol. The summed E-state index contributed by atoms with van der Waals surface area (Å²) in [7, 11) is 0. The van der Waals surface area contributed by atoms with Gasteiger partial charge in [0.1, 0.15) is 5.52 Å². The summed E-state index contributed by atoms with van der Waals surface area (Å²) >= 11 is 0. The minimum Gasteiger partial charge on any atom is -0.394 e. The minimum absolute atomic E-state index is 0.0294. The molecule has 0 spiro atoms. The number of aromatic nitrogens is 5. The summed E-state index contributed by atoms with van der Waals surface area (Å²) in [5, 5.41) is 15.0. The molecule has 4 heterocycles. The average molecular weight is 488 g/mol. The number of nitrogens with one attached hydrogen (secondary N) is 1. The van der Waals surface area contributed by atoms with E-state index in [1.165, 1.54) is 9.36 Å². The summed E-state index contributed by atoms with van der Waals surface area (Å²) in [5.74, 6) is 6.48. The molecule has 1 aliphatic heterocycles. The van der Waals surface area contributed by atoms with E-state index in [1.807, 2.05) is 37.3 Å². The zero-order chi connectivity index (χ0) is 25.2. The molecule has 2 N–H and O–H groups in total. The summed E-state index contributed by atoms with van der Waals surface area (Å²) in [6.07, 6.45) is 0. The lowest BCUT2D eigenvalue weighted by atomic mass is 10.1. The lowest BCUT2D eigenvalue weighted by molar-refractivity contribution is 0.252. The van der Waals surface area contributed by atoms with Crippen LogP contribution in [0.25, 0.3) is 21.8 Å². The first-order valence-electron chi connectivity index (χ1n) is 12.1. The number of imidazole rings is 1. The van der Waals surface area contributed by atoms with Crippen LogP contribution in [-0.4, -0.2) is 61.8 Å². The molecule has 10 heteroatoms. The van der Waals surface area contributed by atoms with Gasteiger partial charge in [-0.3, -0.25) is 19.1 Å². The topological polar surface area (TPSA) is 110 Å². The van der Waals surface area contributed by atoms with Gasteiger partial charge in [0.15, 0.2) is 5.52 Å². The molecular weight excluding hydrogens is 458 g/mol. The number of pyridine rings is 1. The first kappa shape index (κ1) is 23.8. The molecule has 0 bridgehead atoms. The number of aliphatic hydroxyl groups excluding tert-OH is 1. The fraction of sp³-hybridized carbons (Fsp3) is 0.385. The largest absolute Gasteiger partial charge is 0.394 e. The van der Waals surface area contributed by atoms with Crippen molar-refractivity contribution in [2.24, 2.45) is 0 Å². The maximum absolute atomic E-state index is 14.0. The second-order valence-electron chi connectivity index (χ2n) is 8.81. The molecule has 0 radical (unpaired) electrons. The predicted octanol–water partition coefficient (Wildman–Crippen LogP) is 0.690. The molecule has 10 nitrogen and oxygen atoms in total. The quantitative estimate of drug-likeness (QED) is 0.385. The average Bonchev–Trinajstić information content (AvgIpc) is 3.28. The first-order chi connectivity index (χ1) is 17.5. The van der Waals surface area contributed by atoms with Crippen molar-refractivity contribution in [3.8, 4) is 11.8 Å². The molecular formula is C26H29N7O3. The van der Waals surface area contributed by atoms with Gasteiger partial charge in [0, 0.05) is 37.3 Å². The second-order valence-corrected chi connectivity index (χ2v) is 8.81. The number of aryl methyl sites for hydroxylation is 1. The van der Waals surface area contributed by atoms with Crippen LogP contribution in [0.15, 0.2) is 39.9 Å². The van der Waals surface area contributed by atoms with Crippen molar-refractivity contribution in [3.63, 3.8) is 0 Å². The number of fused-ring (bicyclic) bond motifs is 2. The lowest BCUT2D eigenvalue weighted by Gasteiger charge is -2.28. The SMILES string of the molecule is CC#CCn1c(N2CCNCC2)nc2c(=O)n(CCO)n(Cc3nc(C)cc4ccccc34)c(=O)c21. The molecule has 1 saturated heterocycles. The van der Waals surface area contributed by atoms with Crippen LogP contribution in [0.3, 0.4) is 0 Å². The second kappa shape index (κ2) is 9.97. The molecule has 4 aromatic rings. The van der Waals surface area contributed by atoms with Crippen LogP contribution < -0.4 is 21.3 Å². The molecule has 1 aromatic carbocycles. The molecule has 0 aliphatic carbocycles. The number of hydrogen-bond donors (Lipinski definition) is 2. The van der Waals surface area contributed by atoms with Crippen LogP contribution >= 0.6 is 0 Å². The fourth-order valence-corrected chi connectivity index (χ4v) is 4.84. The van der Waals surface area contributed by atoms with Crippen molar-refractivity contribution >= 4 is 27.8 Å². The highest BCUT2D eigenvalue weighted by molar-refractivity contribution is 5.85. The molecule has 0 amide bonds. The van der Waals surface area contributed by atoms with E-state index in [0.29, 0.717) is 24.7 Å². The maximum Gasteiger partial charge on any atom is 0.293 e. The van der Waals surface area contributed by atoms with E-state index in [1.54, 1.807) is 11.5 Å². The molecule has 3 aromatic heterocycles. The van der Waals surface area contributed by atoms with Crippen molar-refractivity contribution in [1.29, 1.82) is 0 Å². The molecule has 186 valence electrons. The van der Waals surface area contributed by atoms with E-state index in [4.69, 9.17) is 4.98 Å². The molecule has 0 saturated carbocycles. The van der Waals surface area contributed by atoms with Gasteiger partial charge < -0.3 is 15.3 Å². The van der Waals surface area contributed by atoms with Crippen molar-refractivity contribution in [2.45, 2.75) is 33.5 Å². The highest BCUT2D eigenvalue weighted by Gasteiger charge is 2.25. The normalized spacial score (nSPS) is 13.8. The monoisotopic (exact) mass is 487 g/mol. The van der Waals surface area contributed by atoms with E-state index in [9.17, 15) is 14.7 Å². The summed E-state index contributed by atoms with van der Waals surface area (Å²) in [5.41, 5.74) is 1.03. The summed E-state index contributed by atoms with van der Waals surface area (Å²) in [6, 6.07) is 9.82. The molecule has 0 unspecified atom stereocenters. The van der Waals surface area contributed by atoms with E-state index in [-0.39, 0.29) is 42.8 Å². The number of anilines is 1. The lowest BCUT2D eigenvalue weighted by Crippen LogP contribution is -2.44. The van der Waals surface area contributed by atoms with Crippen LogP contribution in [0.5, 0.6) is 0 Å². The number of nitrogens with zero attached hydrogens (tertiary/aromatic N) is 6. The van der Waals surface area contributed by atoms with E-state index in [2.05, 4.69) is 27.0 Å². The Bertz CT molecular complexity index is 1610. The van der Waals surface area contributed by atoms with Crippen molar-refractivity contribution in [3.05, 3.63) is 62.4 Å². The highest BCUT2D eigenvalue weighted by atomic mass is 16.3. The molecule has 36 heavy (non-hydrogen) atoms. The first-order valence-corrected chi connectivity index (χ1v) is 12.1. The van der Waals surface area contributed by atoms with Gasteiger partial charge in [-0.1, -0.05) is 30.2 Å². The smallest absolute Gasteiger partial charge is 0.293 e. The summed E-state index contributed by atoms with van der Waals surface area (Å²) < 4.78 is 4.42. The molecule has 1 fully saturated rings. The van der Waals surface area contributed by atoms with Gasteiger partial charge in [-0.15, -0.1) is 5.92 Å². The van der Waals surface area contributed by atoms with E-state index < -0.39 is 5.56 Å². The minimum atomic E-state index is -0.421. The third-order valence-electron chi connectivity index (χ3n) is 6.49.